The van der Waals surface area contributed by atoms with Gasteiger partial charge in [0.25, 0.3) is 0 Å². The molecule has 6 nitrogen and oxygen atoms in total. The summed E-state index contributed by atoms with van der Waals surface area (Å²) in [4.78, 5) is 23.5. The van der Waals surface area contributed by atoms with Crippen molar-refractivity contribution < 1.29 is 14.8 Å². The van der Waals surface area contributed by atoms with E-state index in [0.717, 1.165) is 25.7 Å². The summed E-state index contributed by atoms with van der Waals surface area (Å²) in [5.41, 5.74) is -0.187. The van der Waals surface area contributed by atoms with Crippen LogP contribution in [0.3, 0.4) is 0 Å². The highest BCUT2D eigenvalue weighted by Gasteiger charge is 2.29. The van der Waals surface area contributed by atoms with Crippen molar-refractivity contribution in [1.82, 2.24) is 0 Å². The van der Waals surface area contributed by atoms with E-state index in [1.807, 2.05) is 4.90 Å². The lowest BCUT2D eigenvalue weighted by molar-refractivity contribution is -0.384. The third-order valence-corrected chi connectivity index (χ3v) is 3.68. The largest absolute Gasteiger partial charge is 0.477 e. The molecule has 2 rings (SSSR count). The molecule has 6 heteroatoms. The van der Waals surface area contributed by atoms with Gasteiger partial charge in [-0.25, -0.2) is 4.79 Å². The number of nitro groups is 1. The van der Waals surface area contributed by atoms with Gasteiger partial charge in [0.05, 0.1) is 4.92 Å². The van der Waals surface area contributed by atoms with Gasteiger partial charge in [-0.1, -0.05) is 18.9 Å². The fourth-order valence-corrected chi connectivity index (χ4v) is 2.67. The average molecular weight is 264 g/mol. The third kappa shape index (κ3) is 2.52. The first-order valence-electron chi connectivity index (χ1n) is 6.26. The molecule has 0 radical (unpaired) electrons. The Morgan fingerprint density at radius 1 is 1.42 bits per heavy atom. The van der Waals surface area contributed by atoms with Crippen molar-refractivity contribution in [3.8, 4) is 0 Å². The minimum Gasteiger partial charge on any atom is -0.477 e. The van der Waals surface area contributed by atoms with E-state index in [2.05, 4.69) is 0 Å². The molecule has 0 amide bonds. The van der Waals surface area contributed by atoms with Crippen LogP contribution in [0.4, 0.5) is 11.4 Å². The first-order valence-corrected chi connectivity index (χ1v) is 6.26. The van der Waals surface area contributed by atoms with E-state index in [-0.39, 0.29) is 17.3 Å². The zero-order valence-corrected chi connectivity index (χ0v) is 10.7. The standard InChI is InChI=1S/C13H16N2O4/c1-14(9-5-2-3-6-9)11-8-4-7-10(13(16)17)12(11)15(18)19/h4,7-9H,2-3,5-6H2,1H3,(H,16,17). The number of para-hydroxylation sites is 1. The lowest BCUT2D eigenvalue weighted by Crippen LogP contribution is -2.29. The predicted molar refractivity (Wildman–Crippen MR) is 70.7 cm³/mol. The lowest BCUT2D eigenvalue weighted by Gasteiger charge is -2.26. The van der Waals surface area contributed by atoms with Crippen molar-refractivity contribution in [2.75, 3.05) is 11.9 Å². The summed E-state index contributed by atoms with van der Waals surface area (Å²) in [7, 11) is 1.80. The summed E-state index contributed by atoms with van der Waals surface area (Å²) in [5, 5.41) is 20.2. The number of anilines is 1. The van der Waals surface area contributed by atoms with E-state index in [1.165, 1.54) is 6.07 Å². The van der Waals surface area contributed by atoms with Crippen LogP contribution in [0.15, 0.2) is 18.2 Å². The van der Waals surface area contributed by atoms with Crippen LogP contribution in [0.1, 0.15) is 36.0 Å². The second-order valence-corrected chi connectivity index (χ2v) is 4.78. The quantitative estimate of drug-likeness (QED) is 0.667. The summed E-state index contributed by atoms with van der Waals surface area (Å²) >= 11 is 0. The molecule has 1 fully saturated rings. The number of benzene rings is 1. The number of carbonyl (C=O) groups is 1. The van der Waals surface area contributed by atoms with Gasteiger partial charge in [0.15, 0.2) is 0 Å². The van der Waals surface area contributed by atoms with Crippen molar-refractivity contribution in [2.24, 2.45) is 0 Å². The van der Waals surface area contributed by atoms with Crippen LogP contribution >= 0.6 is 0 Å². The molecule has 1 aliphatic rings. The topological polar surface area (TPSA) is 83.7 Å². The maximum Gasteiger partial charge on any atom is 0.342 e. The average Bonchev–Trinajstić information content (AvgIpc) is 2.90. The molecule has 0 atom stereocenters. The van der Waals surface area contributed by atoms with E-state index in [1.54, 1.807) is 19.2 Å². The van der Waals surface area contributed by atoms with Crippen molar-refractivity contribution in [3.05, 3.63) is 33.9 Å². The molecule has 0 aromatic heterocycles. The monoisotopic (exact) mass is 264 g/mol. The van der Waals surface area contributed by atoms with Crippen LogP contribution < -0.4 is 4.90 Å². The summed E-state index contributed by atoms with van der Waals surface area (Å²) in [6, 6.07) is 4.69. The molecule has 1 aromatic carbocycles. The van der Waals surface area contributed by atoms with Gasteiger partial charge >= 0.3 is 11.7 Å². The van der Waals surface area contributed by atoms with E-state index in [9.17, 15) is 14.9 Å². The number of rotatable bonds is 4. The Labute approximate surface area is 110 Å². The number of nitrogens with zero attached hydrogens (tertiary/aromatic N) is 2. The van der Waals surface area contributed by atoms with E-state index in [0.29, 0.717) is 5.69 Å². The number of hydrogen-bond acceptors (Lipinski definition) is 4. The number of carboxylic acid groups (broad SMARTS) is 1. The Morgan fingerprint density at radius 2 is 2.05 bits per heavy atom. The SMILES string of the molecule is CN(c1cccc(C(=O)O)c1[N+](=O)[O-])C1CCCC1. The highest BCUT2D eigenvalue weighted by Crippen LogP contribution is 2.35. The summed E-state index contributed by atoms with van der Waals surface area (Å²) < 4.78 is 0. The van der Waals surface area contributed by atoms with Crippen LogP contribution in [0.2, 0.25) is 0 Å². The molecule has 0 heterocycles. The Morgan fingerprint density at radius 3 is 2.58 bits per heavy atom. The molecule has 0 spiro atoms. The van der Waals surface area contributed by atoms with Gasteiger partial charge in [-0.2, -0.15) is 0 Å². The first kappa shape index (κ1) is 13.3. The first-order chi connectivity index (χ1) is 9.02. The molecule has 1 aliphatic carbocycles. The Kier molecular flexibility index (Phi) is 3.69. The summed E-state index contributed by atoms with van der Waals surface area (Å²) in [5.74, 6) is -1.27. The fraction of sp³-hybridized carbons (Fsp3) is 0.462. The van der Waals surface area contributed by atoms with Gasteiger partial charge in [0.2, 0.25) is 0 Å². The molecule has 1 N–H and O–H groups in total. The van der Waals surface area contributed by atoms with E-state index >= 15 is 0 Å². The van der Waals surface area contributed by atoms with Gasteiger partial charge in [-0.05, 0) is 25.0 Å². The second kappa shape index (κ2) is 5.26. The van der Waals surface area contributed by atoms with Gasteiger partial charge in [-0.3, -0.25) is 10.1 Å². The van der Waals surface area contributed by atoms with Crippen molar-refractivity contribution >= 4 is 17.3 Å². The Bertz CT molecular complexity index is 509. The van der Waals surface area contributed by atoms with Crippen molar-refractivity contribution in [3.63, 3.8) is 0 Å². The molecule has 19 heavy (non-hydrogen) atoms. The predicted octanol–water partition coefficient (Wildman–Crippen LogP) is 2.67. The minimum atomic E-state index is -1.27. The molecule has 0 unspecified atom stereocenters. The van der Waals surface area contributed by atoms with Gasteiger partial charge in [-0.15, -0.1) is 0 Å². The molecule has 0 saturated heterocycles. The van der Waals surface area contributed by atoms with Crippen LogP contribution in [0.5, 0.6) is 0 Å². The smallest absolute Gasteiger partial charge is 0.342 e. The highest BCUT2D eigenvalue weighted by atomic mass is 16.6. The molecule has 102 valence electrons. The van der Waals surface area contributed by atoms with Gasteiger partial charge in [0.1, 0.15) is 11.3 Å². The third-order valence-electron chi connectivity index (χ3n) is 3.68. The molecule has 1 saturated carbocycles. The van der Waals surface area contributed by atoms with Crippen LogP contribution in [-0.4, -0.2) is 29.1 Å². The van der Waals surface area contributed by atoms with Crippen LogP contribution in [0.25, 0.3) is 0 Å². The normalized spacial score (nSPS) is 15.4. The van der Waals surface area contributed by atoms with Crippen LogP contribution in [-0.2, 0) is 0 Å². The Balaban J connectivity index is 2.46. The number of aromatic carboxylic acids is 1. The molecule has 0 aliphatic heterocycles. The van der Waals surface area contributed by atoms with Gasteiger partial charge < -0.3 is 10.0 Å². The number of carboxylic acids is 1. The minimum absolute atomic E-state index is 0.253. The second-order valence-electron chi connectivity index (χ2n) is 4.78. The Hall–Kier alpha value is -2.11. The fourth-order valence-electron chi connectivity index (χ4n) is 2.67. The zero-order valence-electron chi connectivity index (χ0n) is 10.7. The number of hydrogen-bond donors (Lipinski definition) is 1. The summed E-state index contributed by atoms with van der Waals surface area (Å²) in [6.45, 7) is 0. The molecular weight excluding hydrogens is 248 g/mol. The van der Waals surface area contributed by atoms with E-state index in [4.69, 9.17) is 5.11 Å². The lowest BCUT2D eigenvalue weighted by atomic mass is 10.1. The van der Waals surface area contributed by atoms with Crippen LogP contribution in [0, 0.1) is 10.1 Å². The zero-order chi connectivity index (χ0) is 14.0. The molecule has 1 aromatic rings. The maximum atomic E-state index is 11.2. The van der Waals surface area contributed by atoms with Gasteiger partial charge in [0, 0.05) is 13.1 Å². The summed E-state index contributed by atoms with van der Waals surface area (Å²) in [6.07, 6.45) is 4.21. The highest BCUT2D eigenvalue weighted by molar-refractivity contribution is 5.95. The maximum absolute atomic E-state index is 11.2. The van der Waals surface area contributed by atoms with Crippen molar-refractivity contribution in [2.45, 2.75) is 31.7 Å². The van der Waals surface area contributed by atoms with E-state index < -0.39 is 10.9 Å². The molecular formula is C13H16N2O4. The molecule has 0 bridgehead atoms. The van der Waals surface area contributed by atoms with Crippen molar-refractivity contribution in [1.29, 1.82) is 0 Å². The number of nitro benzene ring substituents is 1.